The van der Waals surface area contributed by atoms with Crippen molar-refractivity contribution >= 4 is 23.3 Å². The number of fused-ring (bicyclic) bond motifs is 1. The minimum Gasteiger partial charge on any atom is -0.395 e. The van der Waals surface area contributed by atoms with Crippen molar-refractivity contribution in [2.75, 3.05) is 5.32 Å². The van der Waals surface area contributed by atoms with E-state index in [1.54, 1.807) is 19.1 Å². The molecule has 152 valence electrons. The van der Waals surface area contributed by atoms with Crippen LogP contribution >= 0.6 is 11.6 Å². The van der Waals surface area contributed by atoms with Crippen molar-refractivity contribution in [1.82, 2.24) is 10.1 Å². The molecule has 1 aliphatic rings. The molecule has 3 aromatic rings. The summed E-state index contributed by atoms with van der Waals surface area (Å²) < 4.78 is 40.0. The third-order valence-electron chi connectivity index (χ3n) is 3.80. The van der Waals surface area contributed by atoms with Crippen LogP contribution in [0.15, 0.2) is 41.2 Å². The Kier molecular flexibility index (Phi) is 5.69. The average molecular weight is 424 g/mol. The maximum atomic E-state index is 13.2. The van der Waals surface area contributed by atoms with Gasteiger partial charge in [0.25, 0.3) is 5.91 Å². The molecule has 0 atom stereocenters. The molecular formula is C19H16ClF2N3O4. The molecule has 29 heavy (non-hydrogen) atoms. The number of aromatic nitrogens is 2. The summed E-state index contributed by atoms with van der Waals surface area (Å²) >= 11 is 6.15. The van der Waals surface area contributed by atoms with Gasteiger partial charge in [-0.1, -0.05) is 30.6 Å². The third kappa shape index (κ3) is 4.29. The van der Waals surface area contributed by atoms with Crippen molar-refractivity contribution in [3.05, 3.63) is 53.0 Å². The number of nitrogens with one attached hydrogen (secondary N) is 1. The highest BCUT2D eigenvalue weighted by Gasteiger charge is 2.43. The van der Waals surface area contributed by atoms with Crippen LogP contribution < -0.4 is 14.8 Å². The Morgan fingerprint density at radius 3 is 2.41 bits per heavy atom. The monoisotopic (exact) mass is 423 g/mol. The van der Waals surface area contributed by atoms with E-state index in [9.17, 15) is 13.6 Å². The van der Waals surface area contributed by atoms with Crippen LogP contribution in [0, 0.1) is 6.92 Å². The highest BCUT2D eigenvalue weighted by molar-refractivity contribution is 6.33. The number of hydrogen-bond acceptors (Lipinski definition) is 6. The number of pyridine rings is 1. The van der Waals surface area contributed by atoms with Crippen molar-refractivity contribution in [3.63, 3.8) is 0 Å². The lowest BCUT2D eigenvalue weighted by Gasteiger charge is -2.07. The smallest absolute Gasteiger partial charge is 0.395 e. The van der Waals surface area contributed by atoms with Gasteiger partial charge in [0.15, 0.2) is 11.5 Å². The molecule has 1 N–H and O–H groups in total. The van der Waals surface area contributed by atoms with Crippen LogP contribution in [0.2, 0.25) is 5.02 Å². The van der Waals surface area contributed by atoms with Gasteiger partial charge in [0, 0.05) is 23.4 Å². The molecule has 0 radical (unpaired) electrons. The van der Waals surface area contributed by atoms with E-state index in [0.29, 0.717) is 22.5 Å². The molecular weight excluding hydrogens is 408 g/mol. The van der Waals surface area contributed by atoms with Crippen LogP contribution in [0.3, 0.4) is 0 Å². The topological polar surface area (TPSA) is 86.5 Å². The van der Waals surface area contributed by atoms with Crippen molar-refractivity contribution < 1.29 is 27.6 Å². The molecule has 10 heteroatoms. The summed E-state index contributed by atoms with van der Waals surface area (Å²) in [5.74, 6) is -0.0208. The first-order chi connectivity index (χ1) is 13.8. The normalized spacial score (nSPS) is 13.4. The van der Waals surface area contributed by atoms with Gasteiger partial charge in [0.1, 0.15) is 17.1 Å². The van der Waals surface area contributed by atoms with Gasteiger partial charge in [-0.2, -0.15) is 0 Å². The molecule has 0 bridgehead atoms. The van der Waals surface area contributed by atoms with Crippen LogP contribution in [0.25, 0.3) is 11.1 Å². The average Bonchev–Trinajstić information content (AvgIpc) is 3.24. The predicted octanol–water partition coefficient (Wildman–Crippen LogP) is 5.30. The second kappa shape index (κ2) is 8.04. The minimum absolute atomic E-state index is 0.125. The van der Waals surface area contributed by atoms with Gasteiger partial charge < -0.3 is 19.3 Å². The van der Waals surface area contributed by atoms with Crippen LogP contribution in [0.5, 0.6) is 11.5 Å². The minimum atomic E-state index is -3.73. The van der Waals surface area contributed by atoms with Crippen LogP contribution in [0.4, 0.5) is 14.6 Å². The number of amides is 1. The zero-order valence-electron chi connectivity index (χ0n) is 15.6. The van der Waals surface area contributed by atoms with Crippen molar-refractivity contribution in [2.24, 2.45) is 0 Å². The van der Waals surface area contributed by atoms with Crippen LogP contribution in [-0.4, -0.2) is 22.3 Å². The second-order valence-corrected chi connectivity index (χ2v) is 6.04. The van der Waals surface area contributed by atoms with Crippen LogP contribution in [0.1, 0.15) is 30.0 Å². The van der Waals surface area contributed by atoms with Gasteiger partial charge in [0.2, 0.25) is 0 Å². The molecule has 7 nitrogen and oxygen atoms in total. The summed E-state index contributed by atoms with van der Waals surface area (Å²) in [5.41, 5.74) is 1.26. The lowest BCUT2D eigenvalue weighted by Crippen LogP contribution is -2.25. The summed E-state index contributed by atoms with van der Waals surface area (Å²) in [6.45, 7) is 5.61. The molecule has 2 aromatic heterocycles. The standard InChI is InChI=1S/C17H10ClF2N3O4.C2H6/c1-8-11(7-22-27-8)16(24)23-15-3-2-9(6-21-15)10-4-13-14(5-12(10)18)26-17(19,20)25-13;1-2/h2-7H,1H3,(H,21,23,24);1-2H3. The van der Waals surface area contributed by atoms with Crippen molar-refractivity contribution in [1.29, 1.82) is 0 Å². The summed E-state index contributed by atoms with van der Waals surface area (Å²) in [6, 6.07) is 5.77. The van der Waals surface area contributed by atoms with E-state index in [0.717, 1.165) is 0 Å². The highest BCUT2D eigenvalue weighted by atomic mass is 35.5. The fraction of sp³-hybridized carbons (Fsp3) is 0.211. The first-order valence-electron chi connectivity index (χ1n) is 8.61. The van der Waals surface area contributed by atoms with Crippen molar-refractivity contribution in [3.8, 4) is 22.6 Å². The van der Waals surface area contributed by atoms with Gasteiger partial charge in [-0.3, -0.25) is 4.79 Å². The summed E-state index contributed by atoms with van der Waals surface area (Å²) in [7, 11) is 0. The lowest BCUT2D eigenvalue weighted by atomic mass is 10.1. The summed E-state index contributed by atoms with van der Waals surface area (Å²) in [6.07, 6.45) is -0.977. The largest absolute Gasteiger partial charge is 0.586 e. The maximum absolute atomic E-state index is 13.2. The predicted molar refractivity (Wildman–Crippen MR) is 101 cm³/mol. The van der Waals surface area contributed by atoms with Crippen LogP contribution in [-0.2, 0) is 0 Å². The number of hydrogen-bond donors (Lipinski definition) is 1. The number of halogens is 3. The number of carbonyl (C=O) groups excluding carboxylic acids is 1. The Morgan fingerprint density at radius 2 is 1.83 bits per heavy atom. The number of rotatable bonds is 3. The van der Waals surface area contributed by atoms with Gasteiger partial charge in [-0.25, -0.2) is 4.98 Å². The number of ether oxygens (including phenoxy) is 2. The highest BCUT2D eigenvalue weighted by Crippen LogP contribution is 2.45. The summed E-state index contributed by atoms with van der Waals surface area (Å²) in [4.78, 5) is 16.3. The van der Waals surface area contributed by atoms with E-state index in [2.05, 4.69) is 24.9 Å². The molecule has 0 fully saturated rings. The molecule has 0 unspecified atom stereocenters. The first-order valence-corrected chi connectivity index (χ1v) is 8.98. The molecule has 3 heterocycles. The third-order valence-corrected chi connectivity index (χ3v) is 4.12. The molecule has 1 aromatic carbocycles. The van der Waals surface area contributed by atoms with Crippen molar-refractivity contribution in [2.45, 2.75) is 27.1 Å². The Morgan fingerprint density at radius 1 is 1.14 bits per heavy atom. The molecule has 0 aliphatic carbocycles. The van der Waals surface area contributed by atoms with Gasteiger partial charge in [-0.05, 0) is 25.1 Å². The number of aryl methyl sites for hydroxylation is 1. The number of carbonyl (C=O) groups is 1. The Hall–Kier alpha value is -3.20. The molecule has 4 rings (SSSR count). The Bertz CT molecular complexity index is 1040. The molecule has 0 spiro atoms. The Labute approximate surface area is 169 Å². The molecule has 0 saturated heterocycles. The number of nitrogens with zero attached hydrogens (tertiary/aromatic N) is 2. The van der Waals surface area contributed by atoms with E-state index in [-0.39, 0.29) is 22.3 Å². The van der Waals surface area contributed by atoms with E-state index < -0.39 is 12.2 Å². The Balaban J connectivity index is 0.00000117. The zero-order chi connectivity index (χ0) is 21.2. The number of anilines is 1. The molecule has 1 amide bonds. The van der Waals surface area contributed by atoms with E-state index >= 15 is 0 Å². The molecule has 0 saturated carbocycles. The maximum Gasteiger partial charge on any atom is 0.586 e. The fourth-order valence-electron chi connectivity index (χ4n) is 2.52. The van der Waals surface area contributed by atoms with Gasteiger partial charge in [0.05, 0.1) is 11.2 Å². The van der Waals surface area contributed by atoms with Gasteiger partial charge >= 0.3 is 6.29 Å². The molecule has 1 aliphatic heterocycles. The number of alkyl halides is 2. The SMILES string of the molecule is CC.Cc1oncc1C(=O)Nc1ccc(-c2cc3c(cc2Cl)OC(F)(F)O3)cn1. The summed E-state index contributed by atoms with van der Waals surface area (Å²) in [5, 5.41) is 6.33. The first kappa shape index (κ1) is 20.5. The van der Waals surface area contributed by atoms with E-state index in [1.807, 2.05) is 13.8 Å². The zero-order valence-corrected chi connectivity index (χ0v) is 16.4. The quantitative estimate of drug-likeness (QED) is 0.615. The second-order valence-electron chi connectivity index (χ2n) is 5.63. The van der Waals surface area contributed by atoms with E-state index in [1.165, 1.54) is 24.5 Å². The number of benzene rings is 1. The lowest BCUT2D eigenvalue weighted by molar-refractivity contribution is -0.286. The fourth-order valence-corrected chi connectivity index (χ4v) is 2.78. The van der Waals surface area contributed by atoms with E-state index in [4.69, 9.17) is 16.1 Å². The van der Waals surface area contributed by atoms with Gasteiger partial charge in [-0.15, -0.1) is 8.78 Å².